The van der Waals surface area contributed by atoms with E-state index in [9.17, 15) is 23.6 Å². The molecule has 2 aromatic heterocycles. The predicted octanol–water partition coefficient (Wildman–Crippen LogP) is 6.22. The Bertz CT molecular complexity index is 2210. The molecule has 0 atom stereocenters. The Morgan fingerprint density at radius 2 is 1.56 bits per heavy atom. The number of anilines is 2. The third kappa shape index (κ3) is 6.10. The van der Waals surface area contributed by atoms with Crippen molar-refractivity contribution in [3.05, 3.63) is 118 Å². The summed E-state index contributed by atoms with van der Waals surface area (Å²) >= 11 is 1.32. The number of hydrogen-bond donors (Lipinski definition) is 0. The van der Waals surface area contributed by atoms with Gasteiger partial charge in [0.25, 0.3) is 11.8 Å². The molecule has 0 unspecified atom stereocenters. The van der Waals surface area contributed by atoms with Crippen LogP contribution in [0.3, 0.4) is 0 Å². The number of esters is 1. The summed E-state index contributed by atoms with van der Waals surface area (Å²) in [6, 6.07) is 22.1. The molecule has 1 saturated heterocycles. The van der Waals surface area contributed by atoms with Crippen molar-refractivity contribution >= 4 is 46.4 Å². The van der Waals surface area contributed by atoms with Crippen LogP contribution < -0.4 is 19.3 Å². The minimum Gasteiger partial charge on any atom is -0.497 e. The molecule has 3 amide bonds. The van der Waals surface area contributed by atoms with Crippen molar-refractivity contribution in [3.8, 4) is 16.5 Å². The van der Waals surface area contributed by atoms with Gasteiger partial charge in [-0.2, -0.15) is 5.10 Å². The number of fused-ring (bicyclic) bond motifs is 2. The molecule has 0 radical (unpaired) electrons. The summed E-state index contributed by atoms with van der Waals surface area (Å²) in [5.74, 6) is -1.26. The van der Waals surface area contributed by atoms with Gasteiger partial charge in [0.15, 0.2) is 10.8 Å². The average molecular weight is 720 g/mol. The van der Waals surface area contributed by atoms with E-state index in [1.807, 2.05) is 24.3 Å². The third-order valence-corrected chi connectivity index (χ3v) is 10.9. The smallest absolute Gasteiger partial charge is 0.365 e. The van der Waals surface area contributed by atoms with Gasteiger partial charge in [0, 0.05) is 54.4 Å². The van der Waals surface area contributed by atoms with E-state index < -0.39 is 17.7 Å². The number of amides is 3. The van der Waals surface area contributed by atoms with Gasteiger partial charge in [0.1, 0.15) is 17.3 Å². The van der Waals surface area contributed by atoms with Gasteiger partial charge in [-0.25, -0.2) is 13.9 Å². The van der Waals surface area contributed by atoms with Crippen LogP contribution in [0.2, 0.25) is 0 Å². The van der Waals surface area contributed by atoms with E-state index in [0.717, 1.165) is 29.0 Å². The van der Waals surface area contributed by atoms with Crippen molar-refractivity contribution in [3.63, 3.8) is 0 Å². The lowest BCUT2D eigenvalue weighted by Crippen LogP contribution is -2.39. The molecule has 11 nitrogen and oxygen atoms in total. The largest absolute Gasteiger partial charge is 0.497 e. The predicted molar refractivity (Wildman–Crippen MR) is 192 cm³/mol. The molecule has 3 aromatic carbocycles. The van der Waals surface area contributed by atoms with E-state index in [2.05, 4.69) is 5.10 Å². The lowest BCUT2D eigenvalue weighted by molar-refractivity contribution is -0.119. The molecule has 264 valence electrons. The SMILES string of the molecule is COc1ccc(-n2nc(C(=O)Oc3cc4c(s3)CCN(C(=O)c3ccccc3F)C4)c3c2C(=O)N(c2ccc(N4CCCCC4=O)cc2)CC3)cc1. The standard InChI is InChI=1S/C39H34FN5O6S/c1-50-28-15-13-27(14-16-28)45-36-30(17-21-44(38(36)48)26-11-9-25(10-12-26)43-19-5-4-8-33(43)46)35(41-45)39(49)51-34-22-24-23-42(20-18-32(24)52-34)37(47)29-6-2-3-7-31(29)40/h2-3,6-7,9-16,22H,4-5,8,17-21,23H2,1H3. The number of rotatable bonds is 7. The zero-order chi connectivity index (χ0) is 35.9. The van der Waals surface area contributed by atoms with Crippen molar-refractivity contribution < 1.29 is 33.0 Å². The maximum Gasteiger partial charge on any atom is 0.365 e. The van der Waals surface area contributed by atoms with Crippen LogP contribution in [0.1, 0.15) is 66.6 Å². The summed E-state index contributed by atoms with van der Waals surface area (Å²) in [5, 5.41) is 5.01. The number of carbonyl (C=O) groups is 4. The van der Waals surface area contributed by atoms with E-state index in [4.69, 9.17) is 9.47 Å². The molecular weight excluding hydrogens is 686 g/mol. The first kappa shape index (κ1) is 33.3. The number of halogens is 1. The van der Waals surface area contributed by atoms with Gasteiger partial charge in [-0.3, -0.25) is 14.4 Å². The molecular formula is C39H34FN5O6S. The summed E-state index contributed by atoms with van der Waals surface area (Å²) in [6.07, 6.45) is 3.26. The van der Waals surface area contributed by atoms with E-state index in [-0.39, 0.29) is 35.3 Å². The normalized spacial score (nSPS) is 15.7. The first-order chi connectivity index (χ1) is 25.3. The molecule has 5 heterocycles. The number of carbonyl (C=O) groups excluding carboxylic acids is 4. The van der Waals surface area contributed by atoms with Crippen LogP contribution >= 0.6 is 11.3 Å². The first-order valence-corrected chi connectivity index (χ1v) is 18.0. The summed E-state index contributed by atoms with van der Waals surface area (Å²) in [4.78, 5) is 59.7. The molecule has 0 N–H and O–H groups in total. The molecule has 0 aliphatic carbocycles. The van der Waals surface area contributed by atoms with Gasteiger partial charge in [0.2, 0.25) is 5.91 Å². The third-order valence-electron chi connectivity index (χ3n) is 9.75. The Labute approximate surface area is 302 Å². The number of piperidine rings is 1. The number of nitrogens with zero attached hydrogens (tertiary/aromatic N) is 5. The highest BCUT2D eigenvalue weighted by Gasteiger charge is 2.36. The summed E-state index contributed by atoms with van der Waals surface area (Å²) in [6.45, 7) is 1.65. The van der Waals surface area contributed by atoms with E-state index in [0.29, 0.717) is 66.6 Å². The Morgan fingerprint density at radius 1 is 0.827 bits per heavy atom. The Kier molecular flexibility index (Phi) is 8.79. The van der Waals surface area contributed by atoms with Gasteiger partial charge in [-0.1, -0.05) is 12.1 Å². The van der Waals surface area contributed by atoms with Crippen LogP contribution in [-0.4, -0.2) is 65.1 Å². The topological polar surface area (TPSA) is 114 Å². The molecule has 52 heavy (non-hydrogen) atoms. The summed E-state index contributed by atoms with van der Waals surface area (Å²) in [7, 11) is 1.56. The summed E-state index contributed by atoms with van der Waals surface area (Å²) < 4.78 is 27.0. The van der Waals surface area contributed by atoms with Crippen LogP contribution in [0.4, 0.5) is 15.8 Å². The van der Waals surface area contributed by atoms with Gasteiger partial charge in [-0.15, -0.1) is 11.3 Å². The first-order valence-electron chi connectivity index (χ1n) is 17.1. The fraction of sp³-hybridized carbons (Fsp3) is 0.256. The van der Waals surface area contributed by atoms with Crippen LogP contribution in [0.15, 0.2) is 78.9 Å². The highest BCUT2D eigenvalue weighted by atomic mass is 32.1. The highest BCUT2D eigenvalue weighted by Crippen LogP contribution is 2.36. The number of aromatic nitrogens is 2. The van der Waals surface area contributed by atoms with E-state index in [1.54, 1.807) is 64.3 Å². The average Bonchev–Trinajstić information content (AvgIpc) is 3.77. The number of benzene rings is 3. The fourth-order valence-electron chi connectivity index (χ4n) is 7.05. The number of methoxy groups -OCH3 is 1. The van der Waals surface area contributed by atoms with Gasteiger partial charge in [-0.05, 0) is 98.0 Å². The van der Waals surface area contributed by atoms with Crippen molar-refractivity contribution in [2.75, 3.05) is 36.5 Å². The van der Waals surface area contributed by atoms with Gasteiger partial charge >= 0.3 is 5.97 Å². The molecule has 1 fully saturated rings. The second-order valence-corrected chi connectivity index (χ2v) is 14.0. The highest BCUT2D eigenvalue weighted by molar-refractivity contribution is 7.14. The van der Waals surface area contributed by atoms with Crippen LogP contribution in [0.25, 0.3) is 5.69 Å². The van der Waals surface area contributed by atoms with Crippen molar-refractivity contribution in [1.29, 1.82) is 0 Å². The van der Waals surface area contributed by atoms with E-state index >= 15 is 0 Å². The van der Waals surface area contributed by atoms with Crippen LogP contribution in [0, 0.1) is 5.82 Å². The molecule has 0 spiro atoms. The summed E-state index contributed by atoms with van der Waals surface area (Å²) in [5.41, 5.74) is 3.66. The zero-order valence-electron chi connectivity index (χ0n) is 28.3. The Morgan fingerprint density at radius 3 is 2.29 bits per heavy atom. The maximum absolute atomic E-state index is 14.3. The molecule has 3 aliphatic heterocycles. The second-order valence-electron chi connectivity index (χ2n) is 12.9. The lowest BCUT2D eigenvalue weighted by atomic mass is 10.0. The van der Waals surface area contributed by atoms with Gasteiger partial charge < -0.3 is 24.2 Å². The monoisotopic (exact) mass is 719 g/mol. The zero-order valence-corrected chi connectivity index (χ0v) is 29.2. The Hall–Kier alpha value is -5.82. The number of hydrogen-bond acceptors (Lipinski definition) is 8. The maximum atomic E-state index is 14.3. The second kappa shape index (κ2) is 13.7. The molecule has 0 bridgehead atoms. The minimum absolute atomic E-state index is 0.0177. The fourth-order valence-corrected chi connectivity index (χ4v) is 8.06. The minimum atomic E-state index is -0.696. The molecule has 5 aromatic rings. The number of thiophene rings is 1. The van der Waals surface area contributed by atoms with Gasteiger partial charge in [0.05, 0.1) is 18.4 Å². The Balaban J connectivity index is 1.06. The molecule has 0 saturated carbocycles. The molecule has 8 rings (SSSR count). The van der Waals surface area contributed by atoms with E-state index in [1.165, 1.54) is 28.2 Å². The lowest BCUT2D eigenvalue weighted by Gasteiger charge is -2.29. The van der Waals surface area contributed by atoms with Crippen molar-refractivity contribution in [2.24, 2.45) is 0 Å². The van der Waals surface area contributed by atoms with Crippen LogP contribution in [0.5, 0.6) is 10.8 Å². The quantitative estimate of drug-likeness (QED) is 0.184. The molecule has 3 aliphatic rings. The van der Waals surface area contributed by atoms with Crippen molar-refractivity contribution in [2.45, 2.75) is 38.6 Å². The molecule has 13 heteroatoms. The van der Waals surface area contributed by atoms with Crippen LogP contribution in [-0.2, 0) is 24.2 Å². The number of ether oxygens (including phenoxy) is 2. The van der Waals surface area contributed by atoms with Crippen molar-refractivity contribution in [1.82, 2.24) is 14.7 Å².